The summed E-state index contributed by atoms with van der Waals surface area (Å²) in [5.74, 6) is 1.52. The summed E-state index contributed by atoms with van der Waals surface area (Å²) in [7, 11) is 0.760. The number of carbonyl (C=O) groups is 1. The Bertz CT molecular complexity index is 298. The monoisotopic (exact) mass is 350 g/mol. The van der Waals surface area contributed by atoms with E-state index in [1.54, 1.807) is 0 Å². The second-order valence-electron chi connectivity index (χ2n) is 6.11. The van der Waals surface area contributed by atoms with Crippen molar-refractivity contribution in [3.63, 3.8) is 0 Å². The molecule has 0 saturated carbocycles. The minimum Gasteiger partial charge on any atom is -0.469 e. The van der Waals surface area contributed by atoms with Crippen molar-refractivity contribution < 1.29 is 18.1 Å². The van der Waals surface area contributed by atoms with Crippen LogP contribution in [0.1, 0.15) is 83.5 Å². The third kappa shape index (κ3) is 17.7. The molecule has 0 aromatic heterocycles. The van der Waals surface area contributed by atoms with Gasteiger partial charge in [0.15, 0.2) is 0 Å². The van der Waals surface area contributed by atoms with Gasteiger partial charge in [0, 0.05) is 28.7 Å². The molecule has 0 aliphatic carbocycles. The van der Waals surface area contributed by atoms with E-state index >= 15 is 0 Å². The lowest BCUT2D eigenvalue weighted by molar-refractivity contribution is -0.140. The van der Waals surface area contributed by atoms with E-state index in [1.165, 1.54) is 7.11 Å². The molecular weight excluding hydrogens is 315 g/mol. The molecule has 23 heavy (non-hydrogen) atoms. The number of hydrogen-bond acceptors (Lipinski definition) is 3. The summed E-state index contributed by atoms with van der Waals surface area (Å²) in [5.41, 5.74) is 0. The third-order valence-electron chi connectivity index (χ3n) is 3.99. The number of rotatable bonds is 17. The van der Waals surface area contributed by atoms with Crippen molar-refractivity contribution in [1.29, 1.82) is 0 Å². The van der Waals surface area contributed by atoms with E-state index in [0.29, 0.717) is 12.8 Å². The molecule has 3 nitrogen and oxygen atoms in total. The molecule has 0 N–H and O–H groups in total. The summed E-state index contributed by atoms with van der Waals surface area (Å²) in [5, 5.41) is 0. The highest BCUT2D eigenvalue weighted by atomic mass is 32.2. The first-order valence-corrected chi connectivity index (χ1v) is 10.7. The van der Waals surface area contributed by atoms with Crippen LogP contribution >= 0.6 is 0 Å². The Morgan fingerprint density at radius 3 is 1.70 bits per heavy atom. The summed E-state index contributed by atoms with van der Waals surface area (Å²) < 4.78 is 28.3. The first-order valence-electron chi connectivity index (χ1n) is 9.18. The van der Waals surface area contributed by atoms with Crippen LogP contribution in [-0.4, -0.2) is 35.5 Å². The molecule has 0 radical (unpaired) electrons. The van der Waals surface area contributed by atoms with Crippen molar-refractivity contribution in [3.8, 4) is 0 Å². The number of hydrogen-bond donors (Lipinski definition) is 0. The zero-order valence-electron chi connectivity index (χ0n) is 14.8. The molecule has 0 spiro atoms. The molecule has 0 aliphatic heterocycles. The standard InChI is InChI=1S/C18H35FO3S/c1-22-18(20)14-10-6-2-4-8-12-16-23(21)17-13-9-5-3-7-11-15-19/h2-17H2,1H3. The second kappa shape index (κ2) is 17.9. The van der Waals surface area contributed by atoms with Gasteiger partial charge in [0.2, 0.25) is 0 Å². The number of halogens is 1. The Morgan fingerprint density at radius 1 is 0.783 bits per heavy atom. The lowest BCUT2D eigenvalue weighted by Crippen LogP contribution is -2.03. The van der Waals surface area contributed by atoms with E-state index in [1.807, 2.05) is 0 Å². The summed E-state index contributed by atoms with van der Waals surface area (Å²) >= 11 is 0. The van der Waals surface area contributed by atoms with Gasteiger partial charge in [-0.15, -0.1) is 0 Å². The minimum absolute atomic E-state index is 0.122. The molecule has 1 atom stereocenters. The zero-order valence-corrected chi connectivity index (χ0v) is 15.6. The van der Waals surface area contributed by atoms with Gasteiger partial charge in [0.1, 0.15) is 0 Å². The lowest BCUT2D eigenvalue weighted by Gasteiger charge is -2.04. The molecule has 0 aromatic carbocycles. The summed E-state index contributed by atoms with van der Waals surface area (Å²) in [6, 6.07) is 0. The Labute approximate surface area is 144 Å². The quantitative estimate of drug-likeness (QED) is 0.275. The number of alkyl halides is 1. The highest BCUT2D eigenvalue weighted by Gasteiger charge is 2.01. The smallest absolute Gasteiger partial charge is 0.305 e. The van der Waals surface area contributed by atoms with Crippen molar-refractivity contribution in [2.75, 3.05) is 25.3 Å². The van der Waals surface area contributed by atoms with Gasteiger partial charge in [-0.3, -0.25) is 13.4 Å². The average molecular weight is 351 g/mol. The van der Waals surface area contributed by atoms with Crippen LogP contribution in [-0.2, 0) is 20.3 Å². The molecule has 0 fully saturated rings. The predicted octanol–water partition coefficient (Wildman–Crippen LogP) is 4.95. The number of unbranched alkanes of at least 4 members (excludes halogenated alkanes) is 10. The Morgan fingerprint density at radius 2 is 1.22 bits per heavy atom. The fourth-order valence-corrected chi connectivity index (χ4v) is 3.76. The fourth-order valence-electron chi connectivity index (χ4n) is 2.51. The van der Waals surface area contributed by atoms with Crippen LogP contribution in [0.15, 0.2) is 0 Å². The van der Waals surface area contributed by atoms with E-state index in [9.17, 15) is 13.4 Å². The summed E-state index contributed by atoms with van der Waals surface area (Å²) in [4.78, 5) is 10.9. The fraction of sp³-hybridized carbons (Fsp3) is 0.944. The van der Waals surface area contributed by atoms with Gasteiger partial charge < -0.3 is 4.74 Å². The Hall–Kier alpha value is -0.450. The maximum Gasteiger partial charge on any atom is 0.305 e. The molecule has 0 bridgehead atoms. The maximum atomic E-state index is 11.9. The Balaban J connectivity index is 3.20. The number of esters is 1. The van der Waals surface area contributed by atoms with Crippen LogP contribution in [0.5, 0.6) is 0 Å². The van der Waals surface area contributed by atoms with E-state index in [0.717, 1.165) is 82.1 Å². The molecule has 0 heterocycles. The van der Waals surface area contributed by atoms with Gasteiger partial charge in [-0.1, -0.05) is 51.4 Å². The topological polar surface area (TPSA) is 43.4 Å². The van der Waals surface area contributed by atoms with Crippen LogP contribution in [0.25, 0.3) is 0 Å². The molecular formula is C18H35FO3S. The molecule has 0 aromatic rings. The largest absolute Gasteiger partial charge is 0.469 e. The summed E-state index contributed by atoms with van der Waals surface area (Å²) in [6.07, 6.45) is 13.1. The van der Waals surface area contributed by atoms with Crippen LogP contribution in [0.2, 0.25) is 0 Å². The van der Waals surface area contributed by atoms with E-state index in [2.05, 4.69) is 4.74 Å². The van der Waals surface area contributed by atoms with Gasteiger partial charge in [-0.05, 0) is 25.7 Å². The average Bonchev–Trinajstić information content (AvgIpc) is 2.56. The molecule has 138 valence electrons. The SMILES string of the molecule is COC(=O)CCCCCCCCS(=O)CCCCCCCCF. The van der Waals surface area contributed by atoms with E-state index < -0.39 is 10.8 Å². The predicted molar refractivity (Wildman–Crippen MR) is 95.9 cm³/mol. The highest BCUT2D eigenvalue weighted by molar-refractivity contribution is 7.84. The van der Waals surface area contributed by atoms with Gasteiger partial charge in [-0.25, -0.2) is 0 Å². The molecule has 5 heteroatoms. The van der Waals surface area contributed by atoms with Crippen molar-refractivity contribution >= 4 is 16.8 Å². The molecule has 0 saturated heterocycles. The number of carbonyl (C=O) groups excluding carboxylic acids is 1. The third-order valence-corrected chi connectivity index (χ3v) is 5.47. The highest BCUT2D eigenvalue weighted by Crippen LogP contribution is 2.09. The summed E-state index contributed by atoms with van der Waals surface area (Å²) in [6.45, 7) is -0.199. The molecule has 0 amide bonds. The van der Waals surface area contributed by atoms with Gasteiger partial charge >= 0.3 is 5.97 Å². The molecule has 1 unspecified atom stereocenters. The van der Waals surface area contributed by atoms with Crippen molar-refractivity contribution in [2.24, 2.45) is 0 Å². The van der Waals surface area contributed by atoms with Gasteiger partial charge in [0.05, 0.1) is 13.8 Å². The first-order chi connectivity index (χ1) is 11.2. The number of ether oxygens (including phenoxy) is 1. The maximum absolute atomic E-state index is 11.9. The van der Waals surface area contributed by atoms with Crippen LogP contribution in [0.3, 0.4) is 0 Å². The van der Waals surface area contributed by atoms with E-state index in [-0.39, 0.29) is 12.6 Å². The van der Waals surface area contributed by atoms with Crippen LogP contribution < -0.4 is 0 Å². The van der Waals surface area contributed by atoms with Crippen LogP contribution in [0.4, 0.5) is 4.39 Å². The zero-order chi connectivity index (χ0) is 17.2. The van der Waals surface area contributed by atoms with Crippen LogP contribution in [0, 0.1) is 0 Å². The van der Waals surface area contributed by atoms with E-state index in [4.69, 9.17) is 0 Å². The first kappa shape index (κ1) is 22.6. The van der Waals surface area contributed by atoms with Gasteiger partial charge in [0.25, 0.3) is 0 Å². The number of methoxy groups -OCH3 is 1. The lowest BCUT2D eigenvalue weighted by atomic mass is 10.1. The van der Waals surface area contributed by atoms with Crippen molar-refractivity contribution in [3.05, 3.63) is 0 Å². The van der Waals surface area contributed by atoms with Gasteiger partial charge in [-0.2, -0.15) is 0 Å². The second-order valence-corrected chi connectivity index (χ2v) is 7.80. The normalized spacial score (nSPS) is 12.3. The molecule has 0 aliphatic rings. The van der Waals surface area contributed by atoms with Crippen molar-refractivity contribution in [2.45, 2.75) is 83.5 Å². The molecule has 0 rings (SSSR count). The van der Waals surface area contributed by atoms with Crippen molar-refractivity contribution in [1.82, 2.24) is 0 Å². The minimum atomic E-state index is -0.666. The Kier molecular flexibility index (Phi) is 17.5.